The molecule has 0 aliphatic heterocycles. The Labute approximate surface area is 108 Å². The molecule has 1 N–H and O–H groups in total. The smallest absolute Gasteiger partial charge is 0.238 e. The van der Waals surface area contributed by atoms with E-state index < -0.39 is 0 Å². The van der Waals surface area contributed by atoms with Crippen molar-refractivity contribution in [3.05, 3.63) is 28.8 Å². The Hall–Kier alpha value is -1.06. The second-order valence-corrected chi connectivity index (χ2v) is 4.95. The highest BCUT2D eigenvalue weighted by Crippen LogP contribution is 2.19. The van der Waals surface area contributed by atoms with Gasteiger partial charge in [-0.2, -0.15) is 0 Å². The molecule has 0 radical (unpaired) electrons. The summed E-state index contributed by atoms with van der Waals surface area (Å²) in [5.74, 6) is -0.00776. The minimum absolute atomic E-state index is 0.00776. The first kappa shape index (κ1) is 14.0. The molecule has 3 nitrogen and oxygen atoms in total. The van der Waals surface area contributed by atoms with E-state index in [1.807, 2.05) is 31.0 Å². The largest absolute Gasteiger partial charge is 0.325 e. The monoisotopic (exact) mass is 254 g/mol. The predicted octanol–water partition coefficient (Wildman–Crippen LogP) is 2.93. The second kappa shape index (κ2) is 6.03. The van der Waals surface area contributed by atoms with Gasteiger partial charge in [-0.05, 0) is 51.6 Å². The molecule has 0 fully saturated rings. The normalized spacial score (nSPS) is 11.0. The fraction of sp³-hybridized carbons (Fsp3) is 0.462. The van der Waals surface area contributed by atoms with Crippen molar-refractivity contribution in [1.29, 1.82) is 0 Å². The molecule has 0 aromatic heterocycles. The molecule has 1 amide bonds. The minimum atomic E-state index is -0.00776. The van der Waals surface area contributed by atoms with Gasteiger partial charge in [-0.1, -0.05) is 11.6 Å². The lowest BCUT2D eigenvalue weighted by molar-refractivity contribution is -0.117. The summed E-state index contributed by atoms with van der Waals surface area (Å²) in [6.07, 6.45) is 0. The molecule has 0 unspecified atom stereocenters. The van der Waals surface area contributed by atoms with E-state index >= 15 is 0 Å². The van der Waals surface area contributed by atoms with Crippen molar-refractivity contribution in [1.82, 2.24) is 4.90 Å². The first-order valence-corrected chi connectivity index (χ1v) is 6.04. The van der Waals surface area contributed by atoms with Crippen molar-refractivity contribution >= 4 is 23.2 Å². The molecule has 0 saturated heterocycles. The summed E-state index contributed by atoms with van der Waals surface area (Å²) in [7, 11) is 1.93. The van der Waals surface area contributed by atoms with E-state index in [2.05, 4.69) is 19.2 Å². The summed E-state index contributed by atoms with van der Waals surface area (Å²) in [6.45, 7) is 6.43. The fourth-order valence-corrected chi connectivity index (χ4v) is 1.59. The zero-order valence-electron chi connectivity index (χ0n) is 10.7. The summed E-state index contributed by atoms with van der Waals surface area (Å²) >= 11 is 5.86. The van der Waals surface area contributed by atoms with E-state index in [1.165, 1.54) is 0 Å². The average molecular weight is 255 g/mol. The number of halogens is 1. The van der Waals surface area contributed by atoms with Gasteiger partial charge in [0, 0.05) is 16.8 Å². The quantitative estimate of drug-likeness (QED) is 0.896. The molecule has 4 heteroatoms. The lowest BCUT2D eigenvalue weighted by Crippen LogP contribution is -2.34. The molecule has 1 aromatic rings. The van der Waals surface area contributed by atoms with Crippen molar-refractivity contribution in [3.8, 4) is 0 Å². The number of likely N-dealkylation sites (N-methyl/N-ethyl adjacent to an activating group) is 1. The van der Waals surface area contributed by atoms with Crippen LogP contribution in [-0.2, 0) is 4.79 Å². The summed E-state index contributed by atoms with van der Waals surface area (Å²) in [5, 5.41) is 3.56. The van der Waals surface area contributed by atoms with Crippen LogP contribution in [0.5, 0.6) is 0 Å². The molecule has 0 bridgehead atoms. The number of rotatable bonds is 4. The molecule has 17 heavy (non-hydrogen) atoms. The molecule has 1 aromatic carbocycles. The van der Waals surface area contributed by atoms with E-state index in [0.717, 1.165) is 11.3 Å². The Kier molecular flexibility index (Phi) is 4.97. The maximum absolute atomic E-state index is 11.8. The van der Waals surface area contributed by atoms with Gasteiger partial charge >= 0.3 is 0 Å². The van der Waals surface area contributed by atoms with Gasteiger partial charge in [0.2, 0.25) is 5.91 Å². The molecular weight excluding hydrogens is 236 g/mol. The molecule has 94 valence electrons. The SMILES string of the molecule is Cc1cc(Cl)ccc1NC(=O)CN(C)C(C)C. The Bertz CT molecular complexity index is 404. The number of nitrogens with one attached hydrogen (secondary N) is 1. The average Bonchev–Trinajstić information content (AvgIpc) is 2.22. The van der Waals surface area contributed by atoms with Crippen LogP contribution in [-0.4, -0.2) is 30.4 Å². The number of hydrogen-bond acceptors (Lipinski definition) is 2. The maximum atomic E-state index is 11.8. The number of benzene rings is 1. The molecule has 0 atom stereocenters. The molecule has 0 aliphatic carbocycles. The van der Waals surface area contributed by atoms with Gasteiger partial charge in [0.1, 0.15) is 0 Å². The Morgan fingerprint density at radius 1 is 1.47 bits per heavy atom. The lowest BCUT2D eigenvalue weighted by atomic mass is 10.2. The van der Waals surface area contributed by atoms with Gasteiger partial charge in [-0.25, -0.2) is 0 Å². The van der Waals surface area contributed by atoms with Crippen LogP contribution in [0.2, 0.25) is 5.02 Å². The van der Waals surface area contributed by atoms with E-state index in [4.69, 9.17) is 11.6 Å². The molecule has 1 rings (SSSR count). The van der Waals surface area contributed by atoms with Crippen molar-refractivity contribution in [2.45, 2.75) is 26.8 Å². The van der Waals surface area contributed by atoms with E-state index in [-0.39, 0.29) is 5.91 Å². The zero-order valence-corrected chi connectivity index (χ0v) is 11.5. The van der Waals surface area contributed by atoms with Crippen LogP contribution in [0.3, 0.4) is 0 Å². The maximum Gasteiger partial charge on any atom is 0.238 e. The minimum Gasteiger partial charge on any atom is -0.325 e. The van der Waals surface area contributed by atoms with Crippen LogP contribution in [0.4, 0.5) is 5.69 Å². The third-order valence-electron chi connectivity index (χ3n) is 2.74. The van der Waals surface area contributed by atoms with Crippen LogP contribution in [0.15, 0.2) is 18.2 Å². The van der Waals surface area contributed by atoms with Crippen molar-refractivity contribution in [3.63, 3.8) is 0 Å². The number of anilines is 1. The first-order valence-electron chi connectivity index (χ1n) is 5.66. The Balaban J connectivity index is 2.62. The van der Waals surface area contributed by atoms with Crippen molar-refractivity contribution < 1.29 is 4.79 Å². The summed E-state index contributed by atoms with van der Waals surface area (Å²) < 4.78 is 0. The summed E-state index contributed by atoms with van der Waals surface area (Å²) in [4.78, 5) is 13.8. The van der Waals surface area contributed by atoms with Crippen LogP contribution in [0.25, 0.3) is 0 Å². The third kappa shape index (κ3) is 4.36. The van der Waals surface area contributed by atoms with Gasteiger partial charge in [0.15, 0.2) is 0 Å². The standard InChI is InChI=1S/C13H19ClN2O/c1-9(2)16(4)8-13(17)15-12-6-5-11(14)7-10(12)3/h5-7,9H,8H2,1-4H3,(H,15,17). The van der Waals surface area contributed by atoms with Crippen molar-refractivity contribution in [2.24, 2.45) is 0 Å². The van der Waals surface area contributed by atoms with Gasteiger partial charge < -0.3 is 5.32 Å². The molecule has 0 saturated carbocycles. The number of amides is 1. The summed E-state index contributed by atoms with van der Waals surface area (Å²) in [5.41, 5.74) is 1.79. The Morgan fingerprint density at radius 3 is 2.65 bits per heavy atom. The van der Waals surface area contributed by atoms with Crippen LogP contribution >= 0.6 is 11.6 Å². The highest BCUT2D eigenvalue weighted by molar-refractivity contribution is 6.30. The number of carbonyl (C=O) groups excluding carboxylic acids is 1. The molecular formula is C13H19ClN2O. The topological polar surface area (TPSA) is 32.3 Å². The molecule has 0 aliphatic rings. The van der Waals surface area contributed by atoms with Crippen molar-refractivity contribution in [2.75, 3.05) is 18.9 Å². The van der Waals surface area contributed by atoms with Gasteiger partial charge in [0.25, 0.3) is 0 Å². The second-order valence-electron chi connectivity index (χ2n) is 4.52. The van der Waals surface area contributed by atoms with Crippen LogP contribution < -0.4 is 5.32 Å². The van der Waals surface area contributed by atoms with E-state index in [0.29, 0.717) is 17.6 Å². The number of aryl methyl sites for hydroxylation is 1. The zero-order chi connectivity index (χ0) is 13.0. The predicted molar refractivity (Wildman–Crippen MR) is 72.6 cm³/mol. The van der Waals surface area contributed by atoms with Crippen LogP contribution in [0, 0.1) is 6.92 Å². The highest BCUT2D eigenvalue weighted by Gasteiger charge is 2.10. The van der Waals surface area contributed by atoms with Gasteiger partial charge in [0.05, 0.1) is 6.54 Å². The molecule has 0 heterocycles. The number of nitrogens with zero attached hydrogens (tertiary/aromatic N) is 1. The third-order valence-corrected chi connectivity index (χ3v) is 2.97. The van der Waals surface area contributed by atoms with Crippen LogP contribution in [0.1, 0.15) is 19.4 Å². The number of hydrogen-bond donors (Lipinski definition) is 1. The Morgan fingerprint density at radius 2 is 2.12 bits per heavy atom. The van der Waals surface area contributed by atoms with E-state index in [9.17, 15) is 4.79 Å². The van der Waals surface area contributed by atoms with Gasteiger partial charge in [-0.15, -0.1) is 0 Å². The molecule has 0 spiro atoms. The first-order chi connectivity index (χ1) is 7.90. The fourth-order valence-electron chi connectivity index (χ4n) is 1.37. The van der Waals surface area contributed by atoms with Gasteiger partial charge in [-0.3, -0.25) is 9.69 Å². The van der Waals surface area contributed by atoms with E-state index in [1.54, 1.807) is 6.07 Å². The number of carbonyl (C=O) groups is 1. The lowest BCUT2D eigenvalue weighted by Gasteiger charge is -2.20. The highest BCUT2D eigenvalue weighted by atomic mass is 35.5. The summed E-state index contributed by atoms with van der Waals surface area (Å²) in [6, 6.07) is 5.79.